The zero-order valence-electron chi connectivity index (χ0n) is 14.0. The maximum absolute atomic E-state index is 5.59. The van der Waals surface area contributed by atoms with Crippen molar-refractivity contribution in [3.05, 3.63) is 40.6 Å². The average Bonchev–Trinajstić information content (AvgIpc) is 2.98. The van der Waals surface area contributed by atoms with E-state index in [1.165, 1.54) is 0 Å². The van der Waals surface area contributed by atoms with Gasteiger partial charge in [0.15, 0.2) is 5.96 Å². The summed E-state index contributed by atoms with van der Waals surface area (Å²) in [5.41, 5.74) is 1.10. The van der Waals surface area contributed by atoms with Crippen LogP contribution in [0, 0.1) is 6.92 Å². The molecule has 0 aliphatic rings. The SMILES string of the molecule is CCNC(=NCCc1csc(C)n1)NCCOc1cccnc1.I. The first-order valence-corrected chi connectivity index (χ1v) is 8.62. The second-order valence-corrected chi connectivity index (χ2v) is 5.89. The van der Waals surface area contributed by atoms with Gasteiger partial charge in [-0.3, -0.25) is 9.98 Å². The quantitative estimate of drug-likeness (QED) is 0.274. The van der Waals surface area contributed by atoms with Gasteiger partial charge in [0, 0.05) is 31.1 Å². The molecule has 0 fully saturated rings. The van der Waals surface area contributed by atoms with Gasteiger partial charge in [0.1, 0.15) is 12.4 Å². The van der Waals surface area contributed by atoms with Gasteiger partial charge in [-0.05, 0) is 26.0 Å². The maximum atomic E-state index is 5.59. The number of ether oxygens (including phenoxy) is 1. The van der Waals surface area contributed by atoms with Gasteiger partial charge in [-0.2, -0.15) is 0 Å². The number of guanidine groups is 1. The number of rotatable bonds is 8. The van der Waals surface area contributed by atoms with Crippen molar-refractivity contribution < 1.29 is 4.74 Å². The Labute approximate surface area is 164 Å². The molecule has 0 aliphatic heterocycles. The molecule has 0 unspecified atom stereocenters. The highest BCUT2D eigenvalue weighted by molar-refractivity contribution is 14.0. The Balaban J connectivity index is 0.00000288. The van der Waals surface area contributed by atoms with Crippen LogP contribution in [0.15, 0.2) is 34.9 Å². The number of hydrogen-bond donors (Lipinski definition) is 2. The molecule has 0 amide bonds. The number of thiazole rings is 1. The van der Waals surface area contributed by atoms with Crippen molar-refractivity contribution in [3.63, 3.8) is 0 Å². The van der Waals surface area contributed by atoms with Crippen LogP contribution >= 0.6 is 35.3 Å². The fourth-order valence-electron chi connectivity index (χ4n) is 1.92. The molecule has 24 heavy (non-hydrogen) atoms. The topological polar surface area (TPSA) is 71.4 Å². The third kappa shape index (κ3) is 7.91. The molecule has 0 saturated heterocycles. The predicted octanol–water partition coefficient (Wildman–Crippen LogP) is 2.64. The van der Waals surface area contributed by atoms with E-state index in [0.29, 0.717) is 19.7 Å². The molecule has 2 aromatic rings. The van der Waals surface area contributed by atoms with E-state index in [2.05, 4.69) is 31.0 Å². The Morgan fingerprint density at radius 3 is 2.92 bits per heavy atom. The molecule has 0 atom stereocenters. The van der Waals surface area contributed by atoms with E-state index in [9.17, 15) is 0 Å². The molecule has 8 heteroatoms. The van der Waals surface area contributed by atoms with Crippen molar-refractivity contribution in [1.82, 2.24) is 20.6 Å². The molecule has 0 aromatic carbocycles. The van der Waals surface area contributed by atoms with Crippen LogP contribution in [-0.2, 0) is 6.42 Å². The van der Waals surface area contributed by atoms with Crippen LogP contribution in [0.3, 0.4) is 0 Å². The number of hydrogen-bond acceptors (Lipinski definition) is 5. The predicted molar refractivity (Wildman–Crippen MR) is 110 cm³/mol. The lowest BCUT2D eigenvalue weighted by Gasteiger charge is -2.11. The Morgan fingerprint density at radius 1 is 1.38 bits per heavy atom. The van der Waals surface area contributed by atoms with Crippen LogP contribution in [0.4, 0.5) is 0 Å². The summed E-state index contributed by atoms with van der Waals surface area (Å²) in [5.74, 6) is 1.57. The molecule has 2 rings (SSSR count). The largest absolute Gasteiger partial charge is 0.490 e. The highest BCUT2D eigenvalue weighted by Crippen LogP contribution is 2.08. The summed E-state index contributed by atoms with van der Waals surface area (Å²) >= 11 is 1.68. The highest BCUT2D eigenvalue weighted by atomic mass is 127. The monoisotopic (exact) mass is 461 g/mol. The molecule has 2 heterocycles. The van der Waals surface area contributed by atoms with Gasteiger partial charge in [-0.1, -0.05) is 0 Å². The summed E-state index contributed by atoms with van der Waals surface area (Å²) < 4.78 is 5.59. The van der Waals surface area contributed by atoms with Gasteiger partial charge in [0.25, 0.3) is 0 Å². The Bertz CT molecular complexity index is 606. The van der Waals surface area contributed by atoms with Gasteiger partial charge in [0.2, 0.25) is 0 Å². The van der Waals surface area contributed by atoms with Crippen LogP contribution in [0.5, 0.6) is 5.75 Å². The van der Waals surface area contributed by atoms with Crippen LogP contribution in [0.2, 0.25) is 0 Å². The van der Waals surface area contributed by atoms with Crippen LogP contribution in [0.1, 0.15) is 17.6 Å². The number of nitrogens with zero attached hydrogens (tertiary/aromatic N) is 3. The second-order valence-electron chi connectivity index (χ2n) is 4.83. The first kappa shape index (κ1) is 20.6. The summed E-state index contributed by atoms with van der Waals surface area (Å²) in [6, 6.07) is 3.75. The third-order valence-corrected chi connectivity index (χ3v) is 3.77. The van der Waals surface area contributed by atoms with E-state index in [1.807, 2.05) is 26.0 Å². The van der Waals surface area contributed by atoms with Crippen molar-refractivity contribution in [1.29, 1.82) is 0 Å². The van der Waals surface area contributed by atoms with Gasteiger partial charge in [0.05, 0.1) is 23.4 Å². The van der Waals surface area contributed by atoms with Crippen molar-refractivity contribution in [2.75, 3.05) is 26.2 Å². The number of nitrogens with one attached hydrogen (secondary N) is 2. The minimum atomic E-state index is 0. The van der Waals surface area contributed by atoms with E-state index in [-0.39, 0.29) is 24.0 Å². The lowest BCUT2D eigenvalue weighted by molar-refractivity contribution is 0.320. The molecule has 0 bridgehead atoms. The van der Waals surface area contributed by atoms with E-state index in [0.717, 1.165) is 35.4 Å². The molecule has 0 spiro atoms. The van der Waals surface area contributed by atoms with Gasteiger partial charge in [-0.15, -0.1) is 35.3 Å². The fourth-order valence-corrected chi connectivity index (χ4v) is 2.56. The summed E-state index contributed by atoms with van der Waals surface area (Å²) in [4.78, 5) is 13.0. The molecule has 6 nitrogen and oxygen atoms in total. The number of aliphatic imine (C=N–C) groups is 1. The molecule has 0 saturated carbocycles. The molecule has 0 aliphatic carbocycles. The standard InChI is InChI=1S/C16H23N5OS.HI/c1-3-18-16(19-8-6-14-12-23-13(2)21-14)20-9-10-22-15-5-4-7-17-11-15;/h4-5,7,11-12H,3,6,8-10H2,1-2H3,(H2,18,19,20);1H. The minimum absolute atomic E-state index is 0. The van der Waals surface area contributed by atoms with E-state index < -0.39 is 0 Å². The van der Waals surface area contributed by atoms with Gasteiger partial charge in [-0.25, -0.2) is 4.98 Å². The van der Waals surface area contributed by atoms with Gasteiger partial charge >= 0.3 is 0 Å². The molecular weight excluding hydrogens is 437 g/mol. The number of aryl methyl sites for hydroxylation is 1. The Morgan fingerprint density at radius 2 is 2.25 bits per heavy atom. The summed E-state index contributed by atoms with van der Waals surface area (Å²) in [5, 5.41) is 9.67. The zero-order chi connectivity index (χ0) is 16.3. The number of aromatic nitrogens is 2. The van der Waals surface area contributed by atoms with Crippen molar-refractivity contribution in [2.45, 2.75) is 20.3 Å². The smallest absolute Gasteiger partial charge is 0.191 e. The maximum Gasteiger partial charge on any atom is 0.191 e. The van der Waals surface area contributed by atoms with Crippen LogP contribution in [0.25, 0.3) is 0 Å². The molecule has 0 radical (unpaired) electrons. The highest BCUT2D eigenvalue weighted by Gasteiger charge is 2.00. The lowest BCUT2D eigenvalue weighted by Crippen LogP contribution is -2.39. The van der Waals surface area contributed by atoms with Crippen LogP contribution in [-0.4, -0.2) is 42.2 Å². The van der Waals surface area contributed by atoms with E-state index >= 15 is 0 Å². The average molecular weight is 461 g/mol. The minimum Gasteiger partial charge on any atom is -0.490 e. The van der Waals surface area contributed by atoms with Crippen molar-refractivity contribution >= 4 is 41.3 Å². The van der Waals surface area contributed by atoms with Crippen LogP contribution < -0.4 is 15.4 Å². The van der Waals surface area contributed by atoms with E-state index in [1.54, 1.807) is 23.7 Å². The van der Waals surface area contributed by atoms with Crippen molar-refractivity contribution in [2.24, 2.45) is 4.99 Å². The molecular formula is C16H24IN5OS. The van der Waals surface area contributed by atoms with E-state index in [4.69, 9.17) is 4.74 Å². The summed E-state index contributed by atoms with van der Waals surface area (Å²) in [7, 11) is 0. The molecule has 132 valence electrons. The van der Waals surface area contributed by atoms with Crippen molar-refractivity contribution in [3.8, 4) is 5.75 Å². The first-order chi connectivity index (χ1) is 11.3. The molecule has 2 aromatic heterocycles. The summed E-state index contributed by atoms with van der Waals surface area (Å²) in [6.45, 7) is 6.84. The molecule has 2 N–H and O–H groups in total. The fraction of sp³-hybridized carbons (Fsp3) is 0.438. The first-order valence-electron chi connectivity index (χ1n) is 7.74. The Hall–Kier alpha value is -1.42. The lowest BCUT2D eigenvalue weighted by atomic mass is 10.3. The number of pyridine rings is 1. The normalized spacial score (nSPS) is 10.8. The third-order valence-electron chi connectivity index (χ3n) is 2.95. The second kappa shape index (κ2) is 12.0. The zero-order valence-corrected chi connectivity index (χ0v) is 17.1. The van der Waals surface area contributed by atoms with Gasteiger partial charge < -0.3 is 15.4 Å². The Kier molecular flexibility index (Phi) is 10.3. The summed E-state index contributed by atoms with van der Waals surface area (Å²) in [6.07, 6.45) is 4.28. The number of halogens is 1.